The average molecular weight is 319 g/mol. The van der Waals surface area contributed by atoms with Crippen LogP contribution in [0.2, 0.25) is 0 Å². The van der Waals surface area contributed by atoms with Crippen molar-refractivity contribution in [3.63, 3.8) is 0 Å². The van der Waals surface area contributed by atoms with Crippen LogP contribution in [0.5, 0.6) is 5.75 Å². The number of ether oxygens (including phenoxy) is 1. The third-order valence-corrected chi connectivity index (χ3v) is 4.00. The summed E-state index contributed by atoms with van der Waals surface area (Å²) < 4.78 is 5.72. The van der Waals surface area contributed by atoms with E-state index in [9.17, 15) is 4.79 Å². The number of rotatable bonds is 5. The largest absolute Gasteiger partial charge is 0.481 e. The van der Waals surface area contributed by atoms with Gasteiger partial charge < -0.3 is 10.1 Å². The molecule has 0 unspecified atom stereocenters. The van der Waals surface area contributed by atoms with Crippen molar-refractivity contribution in [2.24, 2.45) is 0 Å². The van der Waals surface area contributed by atoms with E-state index in [1.807, 2.05) is 55.5 Å². The molecule has 0 bridgehead atoms. The van der Waals surface area contributed by atoms with Crippen LogP contribution in [0.1, 0.15) is 18.1 Å². The van der Waals surface area contributed by atoms with Gasteiger partial charge in [0.1, 0.15) is 5.75 Å². The molecule has 3 rings (SSSR count). The van der Waals surface area contributed by atoms with Crippen LogP contribution in [0.3, 0.4) is 0 Å². The number of nitrogens with one attached hydrogen (secondary N) is 1. The fourth-order valence-corrected chi connectivity index (χ4v) is 2.72. The molecule has 0 aliphatic carbocycles. The minimum atomic E-state index is -0.540. The lowest BCUT2D eigenvalue weighted by atomic mass is 10.0. The summed E-state index contributed by atoms with van der Waals surface area (Å²) in [6, 6.07) is 22.0. The van der Waals surface area contributed by atoms with Gasteiger partial charge in [-0.15, -0.1) is 0 Å². The zero-order chi connectivity index (χ0) is 16.9. The molecule has 1 atom stereocenters. The molecule has 3 heteroatoms. The Morgan fingerprint density at radius 3 is 2.62 bits per heavy atom. The predicted molar refractivity (Wildman–Crippen MR) is 97.1 cm³/mol. The normalized spacial score (nSPS) is 11.9. The third-order valence-electron chi connectivity index (χ3n) is 4.00. The van der Waals surface area contributed by atoms with Crippen molar-refractivity contribution in [1.82, 2.24) is 5.32 Å². The van der Waals surface area contributed by atoms with Crippen LogP contribution in [0.4, 0.5) is 0 Å². The van der Waals surface area contributed by atoms with E-state index in [1.165, 1.54) is 5.39 Å². The Hall–Kier alpha value is -2.81. The summed E-state index contributed by atoms with van der Waals surface area (Å²) in [4.78, 5) is 12.3. The van der Waals surface area contributed by atoms with E-state index in [4.69, 9.17) is 4.74 Å². The first-order chi connectivity index (χ1) is 11.6. The van der Waals surface area contributed by atoms with Gasteiger partial charge in [0.25, 0.3) is 5.91 Å². The lowest BCUT2D eigenvalue weighted by molar-refractivity contribution is -0.127. The van der Waals surface area contributed by atoms with Gasteiger partial charge >= 0.3 is 0 Å². The summed E-state index contributed by atoms with van der Waals surface area (Å²) in [6.07, 6.45) is -0.540. The number of hydrogen-bond acceptors (Lipinski definition) is 2. The number of fused-ring (bicyclic) bond motifs is 1. The smallest absolute Gasteiger partial charge is 0.261 e. The van der Waals surface area contributed by atoms with Gasteiger partial charge in [0.2, 0.25) is 0 Å². The van der Waals surface area contributed by atoms with Gasteiger partial charge in [-0.2, -0.15) is 0 Å². The highest BCUT2D eigenvalue weighted by molar-refractivity contribution is 5.86. The number of carbonyl (C=O) groups excluding carboxylic acids is 1. The zero-order valence-corrected chi connectivity index (χ0v) is 14.0. The number of aryl methyl sites for hydroxylation is 1. The van der Waals surface area contributed by atoms with Crippen LogP contribution in [0, 0.1) is 6.92 Å². The van der Waals surface area contributed by atoms with Gasteiger partial charge in [0.15, 0.2) is 6.10 Å². The van der Waals surface area contributed by atoms with Crippen LogP contribution in [0.15, 0.2) is 66.7 Å². The van der Waals surface area contributed by atoms with E-state index in [-0.39, 0.29) is 5.91 Å². The molecule has 0 saturated carbocycles. The summed E-state index contributed by atoms with van der Waals surface area (Å²) in [5.41, 5.74) is 2.21. The number of benzene rings is 3. The summed E-state index contributed by atoms with van der Waals surface area (Å²) >= 11 is 0. The summed E-state index contributed by atoms with van der Waals surface area (Å²) in [7, 11) is 0. The molecule has 0 aliphatic rings. The van der Waals surface area contributed by atoms with E-state index in [0.29, 0.717) is 12.3 Å². The minimum Gasteiger partial charge on any atom is -0.481 e. The molecule has 3 aromatic rings. The molecule has 122 valence electrons. The maximum Gasteiger partial charge on any atom is 0.261 e. The highest BCUT2D eigenvalue weighted by Crippen LogP contribution is 2.18. The minimum absolute atomic E-state index is 0.121. The molecule has 0 fully saturated rings. The van der Waals surface area contributed by atoms with Crippen molar-refractivity contribution >= 4 is 16.7 Å². The van der Waals surface area contributed by atoms with Gasteiger partial charge in [-0.1, -0.05) is 54.6 Å². The topological polar surface area (TPSA) is 38.3 Å². The van der Waals surface area contributed by atoms with Gasteiger partial charge in [-0.25, -0.2) is 0 Å². The summed E-state index contributed by atoms with van der Waals surface area (Å²) in [5.74, 6) is 0.590. The van der Waals surface area contributed by atoms with Crippen molar-refractivity contribution in [3.05, 3.63) is 77.9 Å². The van der Waals surface area contributed by atoms with Crippen LogP contribution in [-0.4, -0.2) is 12.0 Å². The Morgan fingerprint density at radius 1 is 1.04 bits per heavy atom. The fourth-order valence-electron chi connectivity index (χ4n) is 2.72. The molecule has 0 aromatic heterocycles. The monoisotopic (exact) mass is 319 g/mol. The molecule has 24 heavy (non-hydrogen) atoms. The molecule has 1 N–H and O–H groups in total. The fraction of sp³-hybridized carbons (Fsp3) is 0.190. The Labute approximate surface area is 142 Å². The van der Waals surface area contributed by atoms with Gasteiger partial charge in [0.05, 0.1) is 0 Å². The summed E-state index contributed by atoms with van der Waals surface area (Å²) in [5, 5.41) is 5.30. The van der Waals surface area contributed by atoms with Crippen molar-refractivity contribution in [2.45, 2.75) is 26.5 Å². The van der Waals surface area contributed by atoms with Crippen molar-refractivity contribution in [3.8, 4) is 5.75 Å². The highest BCUT2D eigenvalue weighted by atomic mass is 16.5. The van der Waals surface area contributed by atoms with E-state index in [2.05, 4.69) is 23.5 Å². The van der Waals surface area contributed by atoms with Gasteiger partial charge in [-0.3, -0.25) is 4.79 Å². The van der Waals surface area contributed by atoms with E-state index >= 15 is 0 Å². The molecular weight excluding hydrogens is 298 g/mol. The Balaban J connectivity index is 1.64. The lowest BCUT2D eigenvalue weighted by Gasteiger charge is -2.15. The second-order valence-electron chi connectivity index (χ2n) is 5.93. The zero-order valence-electron chi connectivity index (χ0n) is 14.0. The maximum atomic E-state index is 12.3. The van der Waals surface area contributed by atoms with Crippen LogP contribution in [-0.2, 0) is 11.3 Å². The molecule has 1 amide bonds. The lowest BCUT2D eigenvalue weighted by Crippen LogP contribution is -2.35. The number of hydrogen-bond donors (Lipinski definition) is 1. The number of carbonyl (C=O) groups is 1. The van der Waals surface area contributed by atoms with Crippen LogP contribution in [0.25, 0.3) is 10.8 Å². The molecule has 0 spiro atoms. The highest BCUT2D eigenvalue weighted by Gasteiger charge is 2.14. The van der Waals surface area contributed by atoms with Crippen molar-refractivity contribution in [2.75, 3.05) is 0 Å². The van der Waals surface area contributed by atoms with Crippen molar-refractivity contribution < 1.29 is 9.53 Å². The molecule has 0 saturated heterocycles. The quantitative estimate of drug-likeness (QED) is 0.764. The van der Waals surface area contributed by atoms with Gasteiger partial charge in [0, 0.05) is 6.54 Å². The molecule has 3 aromatic carbocycles. The Morgan fingerprint density at radius 2 is 1.79 bits per heavy atom. The standard InChI is InChI=1S/C21H21NO2/c1-15-7-5-11-19(13-15)24-16(2)21(23)22-14-18-10-6-9-17-8-3-4-12-20(17)18/h3-13,16H,14H2,1-2H3,(H,22,23)/t16-/m0/s1. The second kappa shape index (κ2) is 7.18. The first kappa shape index (κ1) is 16.1. The van der Waals surface area contributed by atoms with Crippen molar-refractivity contribution in [1.29, 1.82) is 0 Å². The van der Waals surface area contributed by atoms with E-state index in [1.54, 1.807) is 6.92 Å². The van der Waals surface area contributed by atoms with E-state index in [0.717, 1.165) is 16.5 Å². The average Bonchev–Trinajstić information content (AvgIpc) is 2.59. The number of amides is 1. The Bertz CT molecular complexity index is 852. The summed E-state index contributed by atoms with van der Waals surface area (Å²) in [6.45, 7) is 4.25. The molecule has 0 aliphatic heterocycles. The van der Waals surface area contributed by atoms with Crippen LogP contribution < -0.4 is 10.1 Å². The third kappa shape index (κ3) is 3.74. The SMILES string of the molecule is Cc1cccc(O[C@@H](C)C(=O)NCc2cccc3ccccc23)c1. The Kier molecular flexibility index (Phi) is 4.80. The van der Waals surface area contributed by atoms with E-state index < -0.39 is 6.10 Å². The van der Waals surface area contributed by atoms with Crippen LogP contribution >= 0.6 is 0 Å². The molecule has 0 radical (unpaired) electrons. The van der Waals surface area contributed by atoms with Gasteiger partial charge in [-0.05, 0) is 47.9 Å². The first-order valence-corrected chi connectivity index (χ1v) is 8.11. The first-order valence-electron chi connectivity index (χ1n) is 8.11. The molecular formula is C21H21NO2. The second-order valence-corrected chi connectivity index (χ2v) is 5.93. The maximum absolute atomic E-state index is 12.3. The molecule has 3 nitrogen and oxygen atoms in total. The molecule has 0 heterocycles. The predicted octanol–water partition coefficient (Wildman–Crippen LogP) is 4.23.